The normalized spacial score (nSPS) is 16.1. The molecule has 5 nitrogen and oxygen atoms in total. The Morgan fingerprint density at radius 2 is 1.90 bits per heavy atom. The van der Waals surface area contributed by atoms with E-state index >= 15 is 0 Å². The van der Waals surface area contributed by atoms with Crippen molar-refractivity contribution in [3.63, 3.8) is 0 Å². The van der Waals surface area contributed by atoms with Gasteiger partial charge in [0.2, 0.25) is 0 Å². The van der Waals surface area contributed by atoms with E-state index in [4.69, 9.17) is 9.15 Å². The maximum Gasteiger partial charge on any atom is 0.346 e. The topological polar surface area (TPSA) is 79.9 Å². The molecule has 4 rings (SSSR count). The first-order valence-corrected chi connectivity index (χ1v) is 6.40. The van der Waals surface area contributed by atoms with Gasteiger partial charge in [-0.1, -0.05) is 12.1 Å². The summed E-state index contributed by atoms with van der Waals surface area (Å²) in [6.45, 7) is 0. The molecule has 2 N–H and O–H groups in total. The summed E-state index contributed by atoms with van der Waals surface area (Å²) in [5, 5.41) is 20.6. The fraction of sp³-hybridized carbons (Fsp3) is 0.0625. The molecule has 104 valence electrons. The fourth-order valence-corrected chi connectivity index (χ4v) is 2.58. The molecule has 1 aromatic heterocycles. The van der Waals surface area contributed by atoms with E-state index in [1.807, 2.05) is 0 Å². The summed E-state index contributed by atoms with van der Waals surface area (Å²) >= 11 is 0. The molecule has 0 aliphatic carbocycles. The van der Waals surface area contributed by atoms with Crippen LogP contribution in [-0.4, -0.2) is 10.2 Å². The Hall–Kier alpha value is -2.79. The van der Waals surface area contributed by atoms with Crippen LogP contribution in [0.1, 0.15) is 17.2 Å². The van der Waals surface area contributed by atoms with Gasteiger partial charge in [-0.25, -0.2) is 4.79 Å². The van der Waals surface area contributed by atoms with Crippen molar-refractivity contribution in [2.24, 2.45) is 0 Å². The number of phenols is 1. The highest BCUT2D eigenvalue weighted by atomic mass is 16.5. The number of hydrogen-bond acceptors (Lipinski definition) is 5. The fourth-order valence-electron chi connectivity index (χ4n) is 2.58. The van der Waals surface area contributed by atoms with Crippen molar-refractivity contribution in [2.75, 3.05) is 0 Å². The molecule has 0 fully saturated rings. The first kappa shape index (κ1) is 12.0. The second-order valence-corrected chi connectivity index (χ2v) is 4.86. The van der Waals surface area contributed by atoms with Gasteiger partial charge < -0.3 is 19.4 Å². The Balaban J connectivity index is 2.07. The predicted molar refractivity (Wildman–Crippen MR) is 74.7 cm³/mol. The van der Waals surface area contributed by atoms with Crippen LogP contribution < -0.4 is 10.4 Å². The molecule has 0 saturated carbocycles. The molecular formula is C16H10O5. The van der Waals surface area contributed by atoms with E-state index in [1.165, 1.54) is 18.2 Å². The number of benzene rings is 2. The minimum Gasteiger partial charge on any atom is -0.508 e. The van der Waals surface area contributed by atoms with Crippen molar-refractivity contribution in [3.05, 3.63) is 64.0 Å². The molecule has 0 amide bonds. The SMILES string of the molecule is O=c1oc2ccccc2c2c1C(O)c1ccc(O)cc1O2. The molecule has 5 heteroatoms. The molecule has 2 heterocycles. The molecule has 0 spiro atoms. The van der Waals surface area contributed by atoms with Crippen molar-refractivity contribution < 1.29 is 19.4 Å². The highest BCUT2D eigenvalue weighted by molar-refractivity contribution is 5.85. The van der Waals surface area contributed by atoms with Crippen LogP contribution in [0.15, 0.2) is 51.7 Å². The Kier molecular flexibility index (Phi) is 2.34. The molecule has 0 saturated heterocycles. The number of aliphatic hydroxyl groups is 1. The number of aromatic hydroxyl groups is 1. The Labute approximate surface area is 118 Å². The number of phenolic OH excluding ortho intramolecular Hbond substituents is 1. The third-order valence-electron chi connectivity index (χ3n) is 3.58. The monoisotopic (exact) mass is 282 g/mol. The van der Waals surface area contributed by atoms with Gasteiger partial charge in [0.25, 0.3) is 0 Å². The number of ether oxygens (including phenoxy) is 1. The highest BCUT2D eigenvalue weighted by Crippen LogP contribution is 2.45. The average molecular weight is 282 g/mol. The predicted octanol–water partition coefficient (Wildman–Crippen LogP) is 2.69. The van der Waals surface area contributed by atoms with Crippen LogP contribution in [0.5, 0.6) is 17.2 Å². The number of aliphatic hydroxyl groups excluding tert-OH is 1. The molecule has 0 radical (unpaired) electrons. The minimum atomic E-state index is -1.15. The van der Waals surface area contributed by atoms with Crippen LogP contribution in [0.2, 0.25) is 0 Å². The van der Waals surface area contributed by atoms with Gasteiger partial charge in [0, 0.05) is 11.6 Å². The van der Waals surface area contributed by atoms with Crippen LogP contribution in [-0.2, 0) is 0 Å². The lowest BCUT2D eigenvalue weighted by atomic mass is 9.97. The quantitative estimate of drug-likeness (QED) is 0.620. The van der Waals surface area contributed by atoms with Crippen LogP contribution >= 0.6 is 0 Å². The lowest BCUT2D eigenvalue weighted by Gasteiger charge is -2.24. The van der Waals surface area contributed by atoms with Crippen molar-refractivity contribution in [1.82, 2.24) is 0 Å². The van der Waals surface area contributed by atoms with E-state index in [2.05, 4.69) is 0 Å². The molecule has 0 bridgehead atoms. The summed E-state index contributed by atoms with van der Waals surface area (Å²) in [6.07, 6.45) is -1.15. The van der Waals surface area contributed by atoms with Crippen LogP contribution in [0.4, 0.5) is 0 Å². The van der Waals surface area contributed by atoms with Gasteiger partial charge >= 0.3 is 5.63 Å². The second-order valence-electron chi connectivity index (χ2n) is 4.86. The molecular weight excluding hydrogens is 272 g/mol. The van der Waals surface area contributed by atoms with Crippen molar-refractivity contribution in [1.29, 1.82) is 0 Å². The van der Waals surface area contributed by atoms with Gasteiger partial charge in [0.1, 0.15) is 28.7 Å². The standard InChI is InChI=1S/C16H10O5/c17-8-5-6-9-12(7-8)20-15-10-3-1-2-4-11(10)21-16(19)13(15)14(9)18/h1-7,14,17-18H. The van der Waals surface area contributed by atoms with E-state index in [-0.39, 0.29) is 17.1 Å². The van der Waals surface area contributed by atoms with Crippen molar-refractivity contribution in [3.8, 4) is 17.2 Å². The lowest BCUT2D eigenvalue weighted by Crippen LogP contribution is -2.19. The summed E-state index contributed by atoms with van der Waals surface area (Å²) in [4.78, 5) is 12.1. The third kappa shape index (κ3) is 1.64. The smallest absolute Gasteiger partial charge is 0.346 e. The molecule has 1 aliphatic rings. The summed E-state index contributed by atoms with van der Waals surface area (Å²) in [7, 11) is 0. The summed E-state index contributed by atoms with van der Waals surface area (Å²) in [5.74, 6) is 0.620. The number of para-hydroxylation sites is 1. The van der Waals surface area contributed by atoms with E-state index in [0.29, 0.717) is 22.3 Å². The molecule has 1 atom stereocenters. The van der Waals surface area contributed by atoms with E-state index in [9.17, 15) is 15.0 Å². The minimum absolute atomic E-state index is 0.0247. The van der Waals surface area contributed by atoms with Crippen LogP contribution in [0, 0.1) is 0 Å². The molecule has 21 heavy (non-hydrogen) atoms. The van der Waals surface area contributed by atoms with Gasteiger partial charge in [-0.05, 0) is 24.3 Å². The lowest BCUT2D eigenvalue weighted by molar-refractivity contribution is 0.197. The van der Waals surface area contributed by atoms with Crippen LogP contribution in [0.25, 0.3) is 11.0 Å². The van der Waals surface area contributed by atoms with Gasteiger partial charge in [-0.15, -0.1) is 0 Å². The van der Waals surface area contributed by atoms with Gasteiger partial charge in [0.05, 0.1) is 5.39 Å². The van der Waals surface area contributed by atoms with E-state index in [0.717, 1.165) is 0 Å². The van der Waals surface area contributed by atoms with Crippen molar-refractivity contribution in [2.45, 2.75) is 6.10 Å². The number of fused-ring (bicyclic) bond motifs is 4. The first-order chi connectivity index (χ1) is 10.1. The van der Waals surface area contributed by atoms with Gasteiger partial charge in [0.15, 0.2) is 5.75 Å². The maximum atomic E-state index is 12.1. The largest absolute Gasteiger partial charge is 0.508 e. The maximum absolute atomic E-state index is 12.1. The third-order valence-corrected chi connectivity index (χ3v) is 3.58. The highest BCUT2D eigenvalue weighted by Gasteiger charge is 2.31. The summed E-state index contributed by atoms with van der Waals surface area (Å²) in [6, 6.07) is 11.3. The van der Waals surface area contributed by atoms with E-state index in [1.54, 1.807) is 24.3 Å². The van der Waals surface area contributed by atoms with Crippen molar-refractivity contribution >= 4 is 11.0 Å². The molecule has 2 aromatic carbocycles. The average Bonchev–Trinajstić information content (AvgIpc) is 2.46. The number of hydrogen-bond donors (Lipinski definition) is 2. The Morgan fingerprint density at radius 3 is 2.76 bits per heavy atom. The van der Waals surface area contributed by atoms with E-state index < -0.39 is 11.7 Å². The Bertz CT molecular complexity index is 926. The van der Waals surface area contributed by atoms with Gasteiger partial charge in [-0.2, -0.15) is 0 Å². The Morgan fingerprint density at radius 1 is 1.10 bits per heavy atom. The zero-order valence-electron chi connectivity index (χ0n) is 10.7. The zero-order valence-corrected chi connectivity index (χ0v) is 10.7. The second kappa shape index (κ2) is 4.10. The van der Waals surface area contributed by atoms with Crippen LogP contribution in [0.3, 0.4) is 0 Å². The zero-order chi connectivity index (χ0) is 14.6. The summed E-state index contributed by atoms with van der Waals surface area (Å²) in [5.41, 5.74) is 0.252. The molecule has 1 aliphatic heterocycles. The van der Waals surface area contributed by atoms with Gasteiger partial charge in [-0.3, -0.25) is 0 Å². The summed E-state index contributed by atoms with van der Waals surface area (Å²) < 4.78 is 11.0. The first-order valence-electron chi connectivity index (χ1n) is 6.40. The molecule has 1 unspecified atom stereocenters. The number of rotatable bonds is 0. The molecule has 3 aromatic rings.